The number of para-hydroxylation sites is 1. The van der Waals surface area contributed by atoms with Gasteiger partial charge in [0.1, 0.15) is 11.5 Å². The molecule has 0 atom stereocenters. The van der Waals surface area contributed by atoms with Gasteiger partial charge >= 0.3 is 0 Å². The van der Waals surface area contributed by atoms with Gasteiger partial charge in [0, 0.05) is 19.2 Å². The molecule has 0 heterocycles. The lowest BCUT2D eigenvalue weighted by Crippen LogP contribution is -2.45. The average molecular weight is 414 g/mol. The van der Waals surface area contributed by atoms with Crippen molar-refractivity contribution < 1.29 is 24.1 Å². The predicted molar refractivity (Wildman–Crippen MR) is 115 cm³/mol. The van der Waals surface area contributed by atoms with Crippen LogP contribution in [0.15, 0.2) is 54.6 Å². The van der Waals surface area contributed by atoms with Gasteiger partial charge in [0.25, 0.3) is 5.91 Å². The van der Waals surface area contributed by atoms with E-state index in [0.29, 0.717) is 36.7 Å². The average Bonchev–Trinajstić information content (AvgIpc) is 2.79. The summed E-state index contributed by atoms with van der Waals surface area (Å²) < 4.78 is 16.0. The Morgan fingerprint density at radius 1 is 1.03 bits per heavy atom. The summed E-state index contributed by atoms with van der Waals surface area (Å²) in [7, 11) is 1.55. The first-order valence-corrected chi connectivity index (χ1v) is 10.5. The molecule has 6 heteroatoms. The summed E-state index contributed by atoms with van der Waals surface area (Å²) in [6.07, 6.45) is 4.24. The lowest BCUT2D eigenvalue weighted by molar-refractivity contribution is -0.00977. The fourth-order valence-electron chi connectivity index (χ4n) is 3.72. The molecule has 2 N–H and O–H groups in total. The molecule has 1 amide bonds. The maximum Gasteiger partial charge on any atom is 0.251 e. The van der Waals surface area contributed by atoms with Crippen molar-refractivity contribution >= 4 is 5.91 Å². The van der Waals surface area contributed by atoms with Gasteiger partial charge in [-0.15, -0.1) is 0 Å². The van der Waals surface area contributed by atoms with Crippen LogP contribution in [0.5, 0.6) is 11.5 Å². The van der Waals surface area contributed by atoms with Gasteiger partial charge in [-0.25, -0.2) is 0 Å². The van der Waals surface area contributed by atoms with Crippen molar-refractivity contribution in [1.29, 1.82) is 0 Å². The molecule has 3 rings (SSSR count). The molecule has 6 nitrogen and oxygen atoms in total. The summed E-state index contributed by atoms with van der Waals surface area (Å²) in [6, 6.07) is 16.7. The van der Waals surface area contributed by atoms with Crippen LogP contribution >= 0.6 is 0 Å². The SMILES string of the molecule is COCOc1ccc(C(=O)NCC2(O)CCC(CCOc3ccccc3)CC2)cc1. The largest absolute Gasteiger partial charge is 0.494 e. The number of benzene rings is 2. The van der Waals surface area contributed by atoms with Crippen LogP contribution in [0, 0.1) is 5.92 Å². The van der Waals surface area contributed by atoms with Crippen LogP contribution in [0.25, 0.3) is 0 Å². The molecule has 0 aliphatic heterocycles. The number of hydrogen-bond acceptors (Lipinski definition) is 5. The third-order valence-electron chi connectivity index (χ3n) is 5.61. The number of ether oxygens (including phenoxy) is 3. The Morgan fingerprint density at radius 2 is 1.70 bits per heavy atom. The van der Waals surface area contributed by atoms with Gasteiger partial charge in [-0.1, -0.05) is 18.2 Å². The Labute approximate surface area is 178 Å². The summed E-state index contributed by atoms with van der Waals surface area (Å²) >= 11 is 0. The van der Waals surface area contributed by atoms with Gasteiger partial charge in [-0.2, -0.15) is 0 Å². The summed E-state index contributed by atoms with van der Waals surface area (Å²) in [5.74, 6) is 1.89. The smallest absolute Gasteiger partial charge is 0.251 e. The van der Waals surface area contributed by atoms with E-state index >= 15 is 0 Å². The fraction of sp³-hybridized carbons (Fsp3) is 0.458. The molecule has 0 radical (unpaired) electrons. The zero-order valence-electron chi connectivity index (χ0n) is 17.5. The van der Waals surface area contributed by atoms with E-state index in [1.54, 1.807) is 31.4 Å². The maximum atomic E-state index is 12.4. The number of carbonyl (C=O) groups excluding carboxylic acids is 1. The summed E-state index contributed by atoms with van der Waals surface area (Å²) in [5.41, 5.74) is -0.302. The van der Waals surface area contributed by atoms with E-state index in [4.69, 9.17) is 14.2 Å². The Morgan fingerprint density at radius 3 is 2.37 bits per heavy atom. The predicted octanol–water partition coefficient (Wildman–Crippen LogP) is 3.79. The second kappa shape index (κ2) is 11.0. The fourth-order valence-corrected chi connectivity index (χ4v) is 3.72. The highest BCUT2D eigenvalue weighted by atomic mass is 16.7. The number of methoxy groups -OCH3 is 1. The van der Waals surface area contributed by atoms with Crippen molar-refractivity contribution in [1.82, 2.24) is 5.32 Å². The Kier molecular flexibility index (Phi) is 8.11. The van der Waals surface area contributed by atoms with Crippen molar-refractivity contribution in [3.05, 3.63) is 60.2 Å². The highest BCUT2D eigenvalue weighted by Gasteiger charge is 2.33. The van der Waals surface area contributed by atoms with Crippen molar-refractivity contribution in [2.75, 3.05) is 27.1 Å². The first-order valence-electron chi connectivity index (χ1n) is 10.5. The van der Waals surface area contributed by atoms with Gasteiger partial charge in [0.05, 0.1) is 12.2 Å². The minimum absolute atomic E-state index is 0.165. The van der Waals surface area contributed by atoms with Crippen molar-refractivity contribution in [2.45, 2.75) is 37.7 Å². The van der Waals surface area contributed by atoms with E-state index in [1.165, 1.54) is 0 Å². The molecule has 0 aromatic heterocycles. The van der Waals surface area contributed by atoms with Crippen LogP contribution in [0.3, 0.4) is 0 Å². The van der Waals surface area contributed by atoms with Crippen LogP contribution in [-0.4, -0.2) is 43.7 Å². The molecule has 162 valence electrons. The molecule has 0 saturated heterocycles. The minimum atomic E-state index is -0.839. The third kappa shape index (κ3) is 6.75. The number of nitrogens with one attached hydrogen (secondary N) is 1. The van der Waals surface area contributed by atoms with E-state index in [9.17, 15) is 9.90 Å². The lowest BCUT2D eigenvalue weighted by atomic mass is 9.77. The zero-order chi connectivity index (χ0) is 21.2. The number of aliphatic hydroxyl groups is 1. The van der Waals surface area contributed by atoms with Gasteiger partial charge < -0.3 is 24.6 Å². The van der Waals surface area contributed by atoms with E-state index in [1.807, 2.05) is 30.3 Å². The number of rotatable bonds is 10. The van der Waals surface area contributed by atoms with Crippen LogP contribution in [0.4, 0.5) is 0 Å². The molecule has 1 aliphatic carbocycles. The van der Waals surface area contributed by atoms with Gasteiger partial charge in [-0.3, -0.25) is 4.79 Å². The molecule has 1 saturated carbocycles. The minimum Gasteiger partial charge on any atom is -0.494 e. The molecule has 2 aromatic rings. The van der Waals surface area contributed by atoms with E-state index in [0.717, 1.165) is 25.0 Å². The summed E-state index contributed by atoms with van der Waals surface area (Å²) in [5, 5.41) is 13.7. The van der Waals surface area contributed by atoms with Crippen LogP contribution in [0.2, 0.25) is 0 Å². The molecule has 0 bridgehead atoms. The second-order valence-corrected chi connectivity index (χ2v) is 7.88. The zero-order valence-corrected chi connectivity index (χ0v) is 17.5. The monoisotopic (exact) mass is 413 g/mol. The lowest BCUT2D eigenvalue weighted by Gasteiger charge is -2.36. The Bertz CT molecular complexity index is 770. The first kappa shape index (κ1) is 22.1. The summed E-state index contributed by atoms with van der Waals surface area (Å²) in [4.78, 5) is 12.4. The van der Waals surface area contributed by atoms with Crippen molar-refractivity contribution in [3.8, 4) is 11.5 Å². The topological polar surface area (TPSA) is 77.0 Å². The van der Waals surface area contributed by atoms with Crippen molar-refractivity contribution in [3.63, 3.8) is 0 Å². The second-order valence-electron chi connectivity index (χ2n) is 7.88. The molecule has 30 heavy (non-hydrogen) atoms. The molecule has 1 fully saturated rings. The highest BCUT2D eigenvalue weighted by Crippen LogP contribution is 2.33. The Balaban J connectivity index is 1.37. The normalized spacial score (nSPS) is 21.1. The number of hydrogen-bond donors (Lipinski definition) is 2. The van der Waals surface area contributed by atoms with Gasteiger partial charge in [-0.05, 0) is 74.4 Å². The molecular formula is C24H31NO5. The molecular weight excluding hydrogens is 382 g/mol. The number of carbonyl (C=O) groups is 1. The van der Waals surface area contributed by atoms with E-state index < -0.39 is 5.60 Å². The van der Waals surface area contributed by atoms with Gasteiger partial charge in [0.15, 0.2) is 6.79 Å². The molecule has 0 unspecified atom stereocenters. The summed E-state index contributed by atoms with van der Waals surface area (Å²) in [6.45, 7) is 1.12. The maximum absolute atomic E-state index is 12.4. The van der Waals surface area contributed by atoms with Crippen LogP contribution in [-0.2, 0) is 4.74 Å². The Hall–Kier alpha value is -2.57. The third-order valence-corrected chi connectivity index (χ3v) is 5.61. The molecule has 1 aliphatic rings. The number of amides is 1. The van der Waals surface area contributed by atoms with Crippen LogP contribution in [0.1, 0.15) is 42.5 Å². The highest BCUT2D eigenvalue weighted by molar-refractivity contribution is 5.94. The standard InChI is InChI=1S/C24H31NO5/c1-28-18-30-22-9-7-20(8-10-22)23(26)25-17-24(27)14-11-19(12-15-24)13-16-29-21-5-3-2-4-6-21/h2-10,19,27H,11-18H2,1H3,(H,25,26). The van der Waals surface area contributed by atoms with Gasteiger partial charge in [0.2, 0.25) is 0 Å². The first-order chi connectivity index (χ1) is 14.6. The quantitative estimate of drug-likeness (QED) is 0.580. The van der Waals surface area contributed by atoms with Crippen molar-refractivity contribution in [2.24, 2.45) is 5.92 Å². The van der Waals surface area contributed by atoms with Crippen LogP contribution < -0.4 is 14.8 Å². The van der Waals surface area contributed by atoms with E-state index in [-0.39, 0.29) is 19.2 Å². The molecule has 2 aromatic carbocycles. The molecule has 0 spiro atoms. The van der Waals surface area contributed by atoms with E-state index in [2.05, 4.69) is 5.32 Å².